The van der Waals surface area contributed by atoms with Crippen LogP contribution in [0.2, 0.25) is 0 Å². The van der Waals surface area contributed by atoms with E-state index in [9.17, 15) is 4.79 Å². The third kappa shape index (κ3) is 3.59. The second kappa shape index (κ2) is 7.09. The van der Waals surface area contributed by atoms with Gasteiger partial charge in [0.05, 0.1) is 6.10 Å². The van der Waals surface area contributed by atoms with Crippen molar-refractivity contribution in [2.24, 2.45) is 0 Å². The van der Waals surface area contributed by atoms with Gasteiger partial charge >= 0.3 is 6.09 Å². The maximum atomic E-state index is 12.1. The van der Waals surface area contributed by atoms with Crippen molar-refractivity contribution in [3.63, 3.8) is 0 Å². The second-order valence-corrected chi connectivity index (χ2v) is 7.47. The molecule has 2 aromatic rings. The van der Waals surface area contributed by atoms with Crippen LogP contribution in [0.1, 0.15) is 63.1 Å². The predicted molar refractivity (Wildman–Crippen MR) is 94.8 cm³/mol. The lowest BCUT2D eigenvalue weighted by atomic mass is 9.96. The molecule has 2 aliphatic rings. The number of aromatic nitrogens is 5. The zero-order valence-electron chi connectivity index (χ0n) is 15.4. The van der Waals surface area contributed by atoms with E-state index in [1.54, 1.807) is 11.1 Å². The quantitative estimate of drug-likeness (QED) is 0.821. The lowest BCUT2D eigenvalue weighted by Gasteiger charge is -2.31. The Labute approximate surface area is 153 Å². The normalized spacial score (nSPS) is 18.5. The van der Waals surface area contributed by atoms with Crippen molar-refractivity contribution in [3.05, 3.63) is 30.1 Å². The molecule has 2 fully saturated rings. The van der Waals surface area contributed by atoms with Crippen LogP contribution in [0.3, 0.4) is 0 Å². The molecule has 4 rings (SSSR count). The van der Waals surface area contributed by atoms with Crippen molar-refractivity contribution in [1.82, 2.24) is 29.4 Å². The first kappa shape index (κ1) is 17.1. The summed E-state index contributed by atoms with van der Waals surface area (Å²) in [6.45, 7) is 5.83. The standard InChI is InChI=1S/C18H26N6O2/c1-13(2)26-18(25)22-10-6-14(7-11-22)17-21-20-16(24(17)15-4-5-15)12-23-9-3-8-19-23/h3,8-9,13-15H,4-7,10-12H2,1-2H3. The SMILES string of the molecule is CC(C)OC(=O)N1CCC(c2nnc(Cn3cccn3)n2C2CC2)CC1. The third-order valence-electron chi connectivity index (χ3n) is 5.02. The lowest BCUT2D eigenvalue weighted by molar-refractivity contribution is 0.0687. The van der Waals surface area contributed by atoms with Gasteiger partial charge in [-0.25, -0.2) is 4.79 Å². The molecule has 1 amide bonds. The number of nitrogens with zero attached hydrogens (tertiary/aromatic N) is 6. The van der Waals surface area contributed by atoms with Crippen molar-refractivity contribution in [2.75, 3.05) is 13.1 Å². The van der Waals surface area contributed by atoms with Crippen LogP contribution in [0.15, 0.2) is 18.5 Å². The van der Waals surface area contributed by atoms with Gasteiger partial charge in [-0.3, -0.25) is 4.68 Å². The zero-order chi connectivity index (χ0) is 18.1. The van der Waals surface area contributed by atoms with Gasteiger partial charge in [0.15, 0.2) is 5.82 Å². The molecule has 1 aliphatic carbocycles. The molecule has 0 N–H and O–H groups in total. The van der Waals surface area contributed by atoms with E-state index < -0.39 is 0 Å². The summed E-state index contributed by atoms with van der Waals surface area (Å²) in [5, 5.41) is 13.3. The average molecular weight is 358 g/mol. The maximum Gasteiger partial charge on any atom is 0.410 e. The fourth-order valence-corrected chi connectivity index (χ4v) is 3.59. The summed E-state index contributed by atoms with van der Waals surface area (Å²) in [6.07, 6.45) is 7.63. The maximum absolute atomic E-state index is 12.1. The van der Waals surface area contributed by atoms with Gasteiger partial charge in [0, 0.05) is 37.4 Å². The first-order valence-electron chi connectivity index (χ1n) is 9.48. The molecule has 8 heteroatoms. The van der Waals surface area contributed by atoms with Crippen LogP contribution in [0.25, 0.3) is 0 Å². The Kier molecular flexibility index (Phi) is 4.65. The molecule has 140 valence electrons. The molecular formula is C18H26N6O2. The van der Waals surface area contributed by atoms with Gasteiger partial charge in [0.25, 0.3) is 0 Å². The minimum atomic E-state index is -0.207. The topological polar surface area (TPSA) is 78.1 Å². The summed E-state index contributed by atoms with van der Waals surface area (Å²) in [5.74, 6) is 2.40. The van der Waals surface area contributed by atoms with E-state index in [1.165, 1.54) is 12.8 Å². The van der Waals surface area contributed by atoms with Gasteiger partial charge in [0.1, 0.15) is 12.4 Å². The Bertz CT molecular complexity index is 742. The Hall–Kier alpha value is -2.38. The van der Waals surface area contributed by atoms with Crippen LogP contribution in [0.5, 0.6) is 0 Å². The van der Waals surface area contributed by atoms with E-state index in [2.05, 4.69) is 19.9 Å². The second-order valence-electron chi connectivity index (χ2n) is 7.47. The van der Waals surface area contributed by atoms with Crippen molar-refractivity contribution in [2.45, 2.75) is 64.1 Å². The van der Waals surface area contributed by atoms with Crippen LogP contribution in [0.4, 0.5) is 4.79 Å². The van der Waals surface area contributed by atoms with Gasteiger partial charge in [-0.1, -0.05) is 0 Å². The molecule has 0 spiro atoms. The third-order valence-corrected chi connectivity index (χ3v) is 5.02. The average Bonchev–Trinajstić information content (AvgIpc) is 3.16. The van der Waals surface area contributed by atoms with Crippen molar-refractivity contribution >= 4 is 6.09 Å². The van der Waals surface area contributed by atoms with E-state index >= 15 is 0 Å². The largest absolute Gasteiger partial charge is 0.447 e. The molecule has 1 saturated carbocycles. The number of likely N-dealkylation sites (tertiary alicyclic amines) is 1. The summed E-state index contributed by atoms with van der Waals surface area (Å²) in [4.78, 5) is 13.9. The molecule has 3 heterocycles. The zero-order valence-corrected chi connectivity index (χ0v) is 15.4. The van der Waals surface area contributed by atoms with Crippen LogP contribution in [0, 0.1) is 0 Å². The summed E-state index contributed by atoms with van der Waals surface area (Å²) in [6, 6.07) is 2.44. The number of piperidine rings is 1. The number of ether oxygens (including phenoxy) is 1. The number of hydrogen-bond donors (Lipinski definition) is 0. The molecule has 0 atom stereocenters. The van der Waals surface area contributed by atoms with Gasteiger partial charge in [0.2, 0.25) is 0 Å². The lowest BCUT2D eigenvalue weighted by Crippen LogP contribution is -2.39. The molecule has 0 unspecified atom stereocenters. The molecular weight excluding hydrogens is 332 g/mol. The van der Waals surface area contributed by atoms with E-state index in [-0.39, 0.29) is 12.2 Å². The van der Waals surface area contributed by atoms with Gasteiger partial charge in [-0.05, 0) is 45.6 Å². The summed E-state index contributed by atoms with van der Waals surface area (Å²) < 4.78 is 9.52. The van der Waals surface area contributed by atoms with Gasteiger partial charge in [-0.2, -0.15) is 5.10 Å². The number of rotatable bonds is 5. The van der Waals surface area contributed by atoms with E-state index in [0.717, 1.165) is 24.5 Å². The smallest absolute Gasteiger partial charge is 0.410 e. The van der Waals surface area contributed by atoms with Gasteiger partial charge < -0.3 is 14.2 Å². The highest BCUT2D eigenvalue weighted by Gasteiger charge is 2.34. The fraction of sp³-hybridized carbons (Fsp3) is 0.667. The van der Waals surface area contributed by atoms with E-state index in [4.69, 9.17) is 4.74 Å². The Morgan fingerprint density at radius 2 is 2.00 bits per heavy atom. The molecule has 1 aliphatic heterocycles. The number of amides is 1. The Balaban J connectivity index is 1.45. The monoisotopic (exact) mass is 358 g/mol. The molecule has 1 saturated heterocycles. The molecule has 0 radical (unpaired) electrons. The van der Waals surface area contributed by atoms with E-state index in [1.807, 2.05) is 30.8 Å². The van der Waals surface area contributed by atoms with Crippen LogP contribution in [-0.4, -0.2) is 54.7 Å². The van der Waals surface area contributed by atoms with Crippen molar-refractivity contribution in [3.8, 4) is 0 Å². The summed E-state index contributed by atoms with van der Waals surface area (Å²) >= 11 is 0. The highest BCUT2D eigenvalue weighted by atomic mass is 16.6. The van der Waals surface area contributed by atoms with Gasteiger partial charge in [-0.15, -0.1) is 10.2 Å². The van der Waals surface area contributed by atoms with E-state index in [0.29, 0.717) is 31.6 Å². The fourth-order valence-electron chi connectivity index (χ4n) is 3.59. The number of carbonyl (C=O) groups is 1. The summed E-state index contributed by atoms with van der Waals surface area (Å²) in [5.41, 5.74) is 0. The minimum absolute atomic E-state index is 0.0805. The first-order valence-corrected chi connectivity index (χ1v) is 9.48. The minimum Gasteiger partial charge on any atom is -0.447 e. The van der Waals surface area contributed by atoms with Crippen LogP contribution in [-0.2, 0) is 11.3 Å². The molecule has 2 aromatic heterocycles. The molecule has 26 heavy (non-hydrogen) atoms. The van der Waals surface area contributed by atoms with Crippen LogP contribution < -0.4 is 0 Å². The highest BCUT2D eigenvalue weighted by molar-refractivity contribution is 5.67. The highest BCUT2D eigenvalue weighted by Crippen LogP contribution is 2.40. The number of carbonyl (C=O) groups excluding carboxylic acids is 1. The first-order chi connectivity index (χ1) is 12.6. The van der Waals surface area contributed by atoms with Crippen molar-refractivity contribution in [1.29, 1.82) is 0 Å². The molecule has 8 nitrogen and oxygen atoms in total. The Morgan fingerprint density at radius 3 is 2.62 bits per heavy atom. The summed E-state index contributed by atoms with van der Waals surface area (Å²) in [7, 11) is 0. The molecule has 0 aromatic carbocycles. The van der Waals surface area contributed by atoms with Crippen molar-refractivity contribution < 1.29 is 9.53 Å². The van der Waals surface area contributed by atoms with Crippen LogP contribution >= 0.6 is 0 Å². The predicted octanol–water partition coefficient (Wildman–Crippen LogP) is 2.58. The number of hydrogen-bond acceptors (Lipinski definition) is 5. The molecule has 0 bridgehead atoms. The Morgan fingerprint density at radius 1 is 1.23 bits per heavy atom.